The lowest BCUT2D eigenvalue weighted by molar-refractivity contribution is 0.482. The fraction of sp³-hybridized carbons (Fsp3) is 0.250. The molecule has 2 N–H and O–H groups in total. The third kappa shape index (κ3) is 3.34. The quantitative estimate of drug-likeness (QED) is 0.866. The van der Waals surface area contributed by atoms with Crippen molar-refractivity contribution in [3.8, 4) is 11.5 Å². The van der Waals surface area contributed by atoms with Crippen LogP contribution in [0.4, 0.5) is 0 Å². The van der Waals surface area contributed by atoms with E-state index in [1.54, 1.807) is 0 Å². The van der Waals surface area contributed by atoms with Crippen LogP contribution in [-0.4, -0.2) is 6.54 Å². The molecule has 0 aliphatic carbocycles. The predicted octanol–water partition coefficient (Wildman–Crippen LogP) is 3.68. The molecule has 0 saturated carbocycles. The van der Waals surface area contributed by atoms with Crippen LogP contribution in [0.25, 0.3) is 0 Å². The summed E-state index contributed by atoms with van der Waals surface area (Å²) in [5.74, 6) is 1.75. The molecule has 0 fully saturated rings. The highest BCUT2D eigenvalue weighted by Crippen LogP contribution is 2.24. The fourth-order valence-electron chi connectivity index (χ4n) is 1.93. The molecule has 0 aromatic heterocycles. The van der Waals surface area contributed by atoms with Crippen molar-refractivity contribution < 1.29 is 4.74 Å². The Morgan fingerprint density at radius 2 is 1.78 bits per heavy atom. The zero-order chi connectivity index (χ0) is 12.8. The van der Waals surface area contributed by atoms with E-state index < -0.39 is 0 Å². The van der Waals surface area contributed by atoms with Gasteiger partial charge in [-0.05, 0) is 61.7 Å². The van der Waals surface area contributed by atoms with Gasteiger partial charge in [0.2, 0.25) is 0 Å². The molecule has 2 heteroatoms. The molecule has 2 aromatic carbocycles. The normalized spacial score (nSPS) is 10.3. The molecule has 0 spiro atoms. The topological polar surface area (TPSA) is 35.2 Å². The van der Waals surface area contributed by atoms with Crippen LogP contribution in [0.1, 0.15) is 17.5 Å². The average molecular weight is 241 g/mol. The lowest BCUT2D eigenvalue weighted by Crippen LogP contribution is -2.01. The maximum Gasteiger partial charge on any atom is 0.127 e. The number of benzene rings is 2. The van der Waals surface area contributed by atoms with Gasteiger partial charge in [0.25, 0.3) is 0 Å². The fourth-order valence-corrected chi connectivity index (χ4v) is 1.93. The van der Waals surface area contributed by atoms with Gasteiger partial charge in [0, 0.05) is 0 Å². The first-order valence-electron chi connectivity index (χ1n) is 6.32. The molecule has 0 amide bonds. The van der Waals surface area contributed by atoms with Crippen LogP contribution < -0.4 is 10.5 Å². The van der Waals surface area contributed by atoms with E-state index in [2.05, 4.69) is 19.1 Å². The third-order valence-electron chi connectivity index (χ3n) is 2.94. The van der Waals surface area contributed by atoms with Crippen LogP contribution in [0.5, 0.6) is 11.5 Å². The van der Waals surface area contributed by atoms with Crippen LogP contribution in [0.15, 0.2) is 48.5 Å². The minimum Gasteiger partial charge on any atom is -0.457 e. The highest BCUT2D eigenvalue weighted by molar-refractivity contribution is 5.37. The Kier molecular flexibility index (Phi) is 4.37. The number of para-hydroxylation sites is 1. The van der Waals surface area contributed by atoms with Gasteiger partial charge in [-0.15, -0.1) is 0 Å². The van der Waals surface area contributed by atoms with Crippen LogP contribution in [-0.2, 0) is 6.42 Å². The summed E-state index contributed by atoms with van der Waals surface area (Å²) in [7, 11) is 0. The van der Waals surface area contributed by atoms with Gasteiger partial charge in [-0.3, -0.25) is 0 Å². The van der Waals surface area contributed by atoms with Gasteiger partial charge in [0.1, 0.15) is 11.5 Å². The Labute approximate surface area is 108 Å². The number of rotatable bonds is 5. The Morgan fingerprint density at radius 1 is 1.00 bits per heavy atom. The zero-order valence-electron chi connectivity index (χ0n) is 10.7. The summed E-state index contributed by atoms with van der Waals surface area (Å²) in [6, 6.07) is 16.1. The molecule has 94 valence electrons. The maximum absolute atomic E-state index is 5.79. The third-order valence-corrected chi connectivity index (χ3v) is 2.94. The van der Waals surface area contributed by atoms with Crippen LogP contribution in [0, 0.1) is 6.92 Å². The molecule has 0 heterocycles. The second-order valence-corrected chi connectivity index (χ2v) is 4.40. The summed E-state index contributed by atoms with van der Waals surface area (Å²) >= 11 is 0. The molecular weight excluding hydrogens is 222 g/mol. The largest absolute Gasteiger partial charge is 0.457 e. The van der Waals surface area contributed by atoms with E-state index in [-0.39, 0.29) is 0 Å². The Bertz CT molecular complexity index is 494. The van der Waals surface area contributed by atoms with Gasteiger partial charge in [-0.1, -0.05) is 24.3 Å². The molecule has 0 aliphatic rings. The minimum absolute atomic E-state index is 0.738. The maximum atomic E-state index is 5.79. The van der Waals surface area contributed by atoms with E-state index in [0.717, 1.165) is 30.9 Å². The van der Waals surface area contributed by atoms with E-state index in [9.17, 15) is 0 Å². The van der Waals surface area contributed by atoms with Crippen LogP contribution >= 0.6 is 0 Å². The molecule has 0 bridgehead atoms. The molecule has 2 rings (SSSR count). The van der Waals surface area contributed by atoms with E-state index in [0.29, 0.717) is 0 Å². The van der Waals surface area contributed by atoms with Gasteiger partial charge in [0.05, 0.1) is 0 Å². The smallest absolute Gasteiger partial charge is 0.127 e. The highest BCUT2D eigenvalue weighted by Gasteiger charge is 2.01. The van der Waals surface area contributed by atoms with E-state index >= 15 is 0 Å². The van der Waals surface area contributed by atoms with Gasteiger partial charge >= 0.3 is 0 Å². The number of nitrogens with two attached hydrogens (primary N) is 1. The summed E-state index contributed by atoms with van der Waals surface area (Å²) in [5, 5.41) is 0. The first-order valence-corrected chi connectivity index (χ1v) is 6.32. The van der Waals surface area contributed by atoms with Crippen molar-refractivity contribution in [2.75, 3.05) is 6.54 Å². The second kappa shape index (κ2) is 6.22. The van der Waals surface area contributed by atoms with Crippen molar-refractivity contribution in [1.82, 2.24) is 0 Å². The number of aryl methyl sites for hydroxylation is 2. The van der Waals surface area contributed by atoms with Crippen molar-refractivity contribution in [3.05, 3.63) is 59.7 Å². The second-order valence-electron chi connectivity index (χ2n) is 4.40. The molecule has 0 radical (unpaired) electrons. The van der Waals surface area contributed by atoms with E-state index in [1.807, 2.05) is 36.4 Å². The number of hydrogen-bond acceptors (Lipinski definition) is 2. The molecule has 0 unspecified atom stereocenters. The van der Waals surface area contributed by atoms with Gasteiger partial charge in [-0.25, -0.2) is 0 Å². The van der Waals surface area contributed by atoms with Crippen LogP contribution in [0.2, 0.25) is 0 Å². The highest BCUT2D eigenvalue weighted by atomic mass is 16.5. The van der Waals surface area contributed by atoms with Gasteiger partial charge < -0.3 is 10.5 Å². The van der Waals surface area contributed by atoms with Gasteiger partial charge in [-0.2, -0.15) is 0 Å². The lowest BCUT2D eigenvalue weighted by Gasteiger charge is -2.09. The molecular formula is C16H19NO. The van der Waals surface area contributed by atoms with Crippen molar-refractivity contribution in [2.24, 2.45) is 5.73 Å². The summed E-state index contributed by atoms with van der Waals surface area (Å²) in [6.07, 6.45) is 2.06. The minimum atomic E-state index is 0.738. The Morgan fingerprint density at radius 3 is 2.44 bits per heavy atom. The Hall–Kier alpha value is -1.80. The molecule has 0 aliphatic heterocycles. The predicted molar refractivity (Wildman–Crippen MR) is 75.1 cm³/mol. The molecule has 2 aromatic rings. The lowest BCUT2D eigenvalue weighted by atomic mass is 10.0. The summed E-state index contributed by atoms with van der Waals surface area (Å²) in [5.41, 5.74) is 8.14. The number of hydrogen-bond donors (Lipinski definition) is 1. The first kappa shape index (κ1) is 12.7. The van der Waals surface area contributed by atoms with Crippen molar-refractivity contribution in [3.63, 3.8) is 0 Å². The monoisotopic (exact) mass is 241 g/mol. The summed E-state index contributed by atoms with van der Waals surface area (Å²) in [6.45, 7) is 2.85. The first-order chi connectivity index (χ1) is 8.79. The molecule has 18 heavy (non-hydrogen) atoms. The van der Waals surface area contributed by atoms with E-state index in [4.69, 9.17) is 10.5 Å². The van der Waals surface area contributed by atoms with Crippen molar-refractivity contribution >= 4 is 0 Å². The SMILES string of the molecule is Cc1cc(Oc2ccccc2)ccc1CCCN. The van der Waals surface area contributed by atoms with Gasteiger partial charge in [0.15, 0.2) is 0 Å². The molecule has 0 atom stereocenters. The van der Waals surface area contributed by atoms with E-state index in [1.165, 1.54) is 11.1 Å². The van der Waals surface area contributed by atoms with Crippen molar-refractivity contribution in [2.45, 2.75) is 19.8 Å². The average Bonchev–Trinajstić information content (AvgIpc) is 2.39. The van der Waals surface area contributed by atoms with Crippen molar-refractivity contribution in [1.29, 1.82) is 0 Å². The number of ether oxygens (including phenoxy) is 1. The zero-order valence-corrected chi connectivity index (χ0v) is 10.7. The molecule has 2 nitrogen and oxygen atoms in total. The molecule has 0 saturated heterocycles. The summed E-state index contributed by atoms with van der Waals surface area (Å²) in [4.78, 5) is 0. The Balaban J connectivity index is 2.09. The standard InChI is InChI=1S/C16H19NO/c1-13-12-16(10-9-14(13)6-5-11-17)18-15-7-3-2-4-8-15/h2-4,7-10,12H,5-6,11,17H2,1H3. The van der Waals surface area contributed by atoms with Crippen LogP contribution in [0.3, 0.4) is 0 Å². The summed E-state index contributed by atoms with van der Waals surface area (Å²) < 4.78 is 5.79.